The highest BCUT2D eigenvalue weighted by molar-refractivity contribution is 5.82. The summed E-state index contributed by atoms with van der Waals surface area (Å²) in [5.74, 6) is -0.146. The van der Waals surface area contributed by atoms with E-state index in [-0.39, 0.29) is 5.91 Å². The second-order valence-electron chi connectivity index (χ2n) is 3.81. The third-order valence-corrected chi connectivity index (χ3v) is 2.56. The zero-order valence-corrected chi connectivity index (χ0v) is 8.79. The van der Waals surface area contributed by atoms with E-state index >= 15 is 0 Å². The number of carbonyl (C=O) groups excluding carboxylic acids is 1. The molecule has 78 valence electrons. The first-order valence-corrected chi connectivity index (χ1v) is 5.17. The quantitative estimate of drug-likeness (QED) is 0.575. The monoisotopic (exact) mass is 202 g/mol. The Morgan fingerprint density at radius 3 is 3.00 bits per heavy atom. The molecule has 0 unspecified atom stereocenters. The highest BCUT2D eigenvalue weighted by Gasteiger charge is 2.09. The maximum Gasteiger partial charge on any atom is 0.236 e. The molecule has 0 aromatic heterocycles. The normalized spacial score (nSPS) is 14.2. The fourth-order valence-electron chi connectivity index (χ4n) is 1.87. The minimum atomic E-state index is -0.146. The van der Waals surface area contributed by atoms with E-state index < -0.39 is 0 Å². The minimum Gasteiger partial charge on any atom is -0.274 e. The van der Waals surface area contributed by atoms with Gasteiger partial charge in [0.1, 0.15) is 0 Å². The molecule has 0 saturated heterocycles. The Bertz CT molecular complexity index is 410. The topological polar surface area (TPSA) is 41.5 Å². The summed E-state index contributed by atoms with van der Waals surface area (Å²) in [7, 11) is 0. The number of hydrogen-bond acceptors (Lipinski definition) is 2. The third kappa shape index (κ3) is 2.43. The fraction of sp³-hybridized carbons (Fsp3) is 0.333. The van der Waals surface area contributed by atoms with E-state index in [1.54, 1.807) is 6.21 Å². The van der Waals surface area contributed by atoms with Crippen molar-refractivity contribution in [2.24, 2.45) is 5.10 Å². The molecule has 0 atom stereocenters. The lowest BCUT2D eigenvalue weighted by Crippen LogP contribution is -2.12. The van der Waals surface area contributed by atoms with Crippen molar-refractivity contribution in [3.8, 4) is 0 Å². The summed E-state index contributed by atoms with van der Waals surface area (Å²) in [5, 5.41) is 3.84. The molecule has 2 rings (SSSR count). The minimum absolute atomic E-state index is 0.146. The predicted molar refractivity (Wildman–Crippen MR) is 59.9 cm³/mol. The van der Waals surface area contributed by atoms with E-state index in [1.807, 2.05) is 6.07 Å². The lowest BCUT2D eigenvalue weighted by molar-refractivity contribution is -0.118. The van der Waals surface area contributed by atoms with Crippen LogP contribution in [-0.4, -0.2) is 12.1 Å². The molecule has 0 heterocycles. The predicted octanol–water partition coefficient (Wildman–Crippen LogP) is 1.65. The number of hydrazone groups is 1. The molecule has 3 heteroatoms. The molecule has 0 saturated carbocycles. The van der Waals surface area contributed by atoms with Crippen molar-refractivity contribution in [2.75, 3.05) is 0 Å². The number of rotatable bonds is 2. The lowest BCUT2D eigenvalue weighted by Gasteiger charge is -1.99. The molecule has 15 heavy (non-hydrogen) atoms. The Morgan fingerprint density at radius 1 is 1.40 bits per heavy atom. The van der Waals surface area contributed by atoms with Gasteiger partial charge in [-0.2, -0.15) is 5.10 Å². The molecule has 0 aliphatic heterocycles. The van der Waals surface area contributed by atoms with E-state index in [0.717, 1.165) is 12.0 Å². The van der Waals surface area contributed by atoms with Crippen LogP contribution in [0, 0.1) is 0 Å². The molecule has 1 N–H and O–H groups in total. The number of nitrogens with zero attached hydrogens (tertiary/aromatic N) is 1. The van der Waals surface area contributed by atoms with Crippen LogP contribution >= 0.6 is 0 Å². The summed E-state index contributed by atoms with van der Waals surface area (Å²) < 4.78 is 0. The van der Waals surface area contributed by atoms with Crippen LogP contribution in [0.15, 0.2) is 23.3 Å². The Morgan fingerprint density at radius 2 is 2.20 bits per heavy atom. The van der Waals surface area contributed by atoms with E-state index in [1.165, 1.54) is 30.9 Å². The number of carbonyl (C=O) groups is 1. The van der Waals surface area contributed by atoms with Crippen LogP contribution in [0.2, 0.25) is 0 Å². The highest BCUT2D eigenvalue weighted by atomic mass is 16.2. The number of hydrogen-bond donors (Lipinski definition) is 1. The number of aryl methyl sites for hydroxylation is 2. The van der Waals surface area contributed by atoms with Gasteiger partial charge in [0, 0.05) is 6.92 Å². The fourth-order valence-corrected chi connectivity index (χ4v) is 1.87. The van der Waals surface area contributed by atoms with Crippen LogP contribution in [0.4, 0.5) is 0 Å². The molecular weight excluding hydrogens is 188 g/mol. The van der Waals surface area contributed by atoms with Crippen LogP contribution in [0.5, 0.6) is 0 Å². The van der Waals surface area contributed by atoms with E-state index in [2.05, 4.69) is 22.7 Å². The van der Waals surface area contributed by atoms with Gasteiger partial charge in [0.25, 0.3) is 0 Å². The molecule has 0 radical (unpaired) electrons. The zero-order chi connectivity index (χ0) is 10.7. The van der Waals surface area contributed by atoms with E-state index in [0.29, 0.717) is 0 Å². The van der Waals surface area contributed by atoms with Gasteiger partial charge in [-0.15, -0.1) is 0 Å². The second-order valence-corrected chi connectivity index (χ2v) is 3.81. The van der Waals surface area contributed by atoms with Gasteiger partial charge in [-0.3, -0.25) is 4.79 Å². The molecule has 3 nitrogen and oxygen atoms in total. The summed E-state index contributed by atoms with van der Waals surface area (Å²) in [6.45, 7) is 1.44. The number of benzene rings is 1. The Balaban J connectivity index is 2.10. The summed E-state index contributed by atoms with van der Waals surface area (Å²) >= 11 is 0. The van der Waals surface area contributed by atoms with Crippen LogP contribution in [-0.2, 0) is 17.6 Å². The average Bonchev–Trinajstić information content (AvgIpc) is 2.64. The molecular formula is C12H14N2O. The van der Waals surface area contributed by atoms with Crippen molar-refractivity contribution in [1.29, 1.82) is 0 Å². The second kappa shape index (κ2) is 4.26. The summed E-state index contributed by atoms with van der Waals surface area (Å²) in [5.41, 5.74) is 6.31. The molecule has 0 bridgehead atoms. The van der Waals surface area contributed by atoms with Crippen LogP contribution in [0.3, 0.4) is 0 Å². The lowest BCUT2D eigenvalue weighted by atomic mass is 10.1. The number of amides is 1. The van der Waals surface area contributed by atoms with Crippen molar-refractivity contribution in [2.45, 2.75) is 26.2 Å². The van der Waals surface area contributed by atoms with Gasteiger partial charge in [0.05, 0.1) is 6.21 Å². The maximum absolute atomic E-state index is 10.6. The third-order valence-electron chi connectivity index (χ3n) is 2.56. The average molecular weight is 202 g/mol. The molecule has 1 aliphatic rings. The first-order chi connectivity index (χ1) is 7.25. The van der Waals surface area contributed by atoms with Crippen molar-refractivity contribution in [3.05, 3.63) is 34.9 Å². The first kappa shape index (κ1) is 9.90. The summed E-state index contributed by atoms with van der Waals surface area (Å²) in [4.78, 5) is 10.6. The van der Waals surface area contributed by atoms with Crippen molar-refractivity contribution in [1.82, 2.24) is 5.43 Å². The number of fused-ring (bicyclic) bond motifs is 1. The largest absolute Gasteiger partial charge is 0.274 e. The summed E-state index contributed by atoms with van der Waals surface area (Å²) in [6.07, 6.45) is 5.29. The molecule has 1 amide bonds. The Hall–Kier alpha value is -1.64. The van der Waals surface area contributed by atoms with Crippen LogP contribution in [0.25, 0.3) is 0 Å². The van der Waals surface area contributed by atoms with Crippen LogP contribution in [0.1, 0.15) is 30.0 Å². The SMILES string of the molecule is CC(=O)N/N=C/c1ccc2c(c1)CCC2. The smallest absolute Gasteiger partial charge is 0.236 e. The molecule has 0 spiro atoms. The Kier molecular flexibility index (Phi) is 2.81. The van der Waals surface area contributed by atoms with Crippen molar-refractivity contribution in [3.63, 3.8) is 0 Å². The zero-order valence-electron chi connectivity index (χ0n) is 8.79. The van der Waals surface area contributed by atoms with Crippen molar-refractivity contribution >= 4 is 12.1 Å². The first-order valence-electron chi connectivity index (χ1n) is 5.17. The molecule has 1 aliphatic carbocycles. The number of nitrogens with one attached hydrogen (secondary N) is 1. The van der Waals surface area contributed by atoms with E-state index in [9.17, 15) is 4.79 Å². The molecule has 1 aromatic rings. The van der Waals surface area contributed by atoms with Crippen molar-refractivity contribution < 1.29 is 4.79 Å². The Labute approximate surface area is 89.2 Å². The molecule has 0 fully saturated rings. The van der Waals surface area contributed by atoms with Gasteiger partial charge in [0.2, 0.25) is 5.91 Å². The standard InChI is InChI=1S/C12H14N2O/c1-9(15)14-13-8-10-5-6-11-3-2-4-12(11)7-10/h5-8H,2-4H2,1H3,(H,14,15)/b13-8+. The highest BCUT2D eigenvalue weighted by Crippen LogP contribution is 2.22. The van der Waals surface area contributed by atoms with Gasteiger partial charge in [-0.25, -0.2) is 5.43 Å². The molecule has 1 aromatic carbocycles. The van der Waals surface area contributed by atoms with Gasteiger partial charge in [-0.1, -0.05) is 12.1 Å². The van der Waals surface area contributed by atoms with Crippen LogP contribution < -0.4 is 5.43 Å². The van der Waals surface area contributed by atoms with Gasteiger partial charge < -0.3 is 0 Å². The summed E-state index contributed by atoms with van der Waals surface area (Å²) in [6, 6.07) is 6.33. The van der Waals surface area contributed by atoms with Gasteiger partial charge in [0.15, 0.2) is 0 Å². The van der Waals surface area contributed by atoms with Gasteiger partial charge >= 0.3 is 0 Å². The maximum atomic E-state index is 10.6. The van der Waals surface area contributed by atoms with Gasteiger partial charge in [-0.05, 0) is 42.0 Å². The van der Waals surface area contributed by atoms with E-state index in [4.69, 9.17) is 0 Å².